The largest absolute Gasteiger partial charge is 0.481 e. The van der Waals surface area contributed by atoms with Gasteiger partial charge in [-0.05, 0) is 75.7 Å². The SMILES string of the molecule is Cc1cccc(O[C@H](C)C(=O)Nc2ccc(S(=O)(=O)Nc3nc(C)cc(C)n3)cc2)c1. The van der Waals surface area contributed by atoms with Gasteiger partial charge in [-0.15, -0.1) is 0 Å². The van der Waals surface area contributed by atoms with Crippen LogP contribution in [0.3, 0.4) is 0 Å². The summed E-state index contributed by atoms with van der Waals surface area (Å²) in [6.45, 7) is 7.10. The van der Waals surface area contributed by atoms with Gasteiger partial charge < -0.3 is 10.1 Å². The van der Waals surface area contributed by atoms with E-state index in [4.69, 9.17) is 4.74 Å². The summed E-state index contributed by atoms with van der Waals surface area (Å²) in [7, 11) is -3.87. The van der Waals surface area contributed by atoms with E-state index in [0.29, 0.717) is 22.8 Å². The zero-order chi connectivity index (χ0) is 22.6. The molecule has 31 heavy (non-hydrogen) atoms. The molecule has 3 aromatic rings. The molecular formula is C22H24N4O4S. The van der Waals surface area contributed by atoms with Crippen LogP contribution in [0.5, 0.6) is 5.75 Å². The molecule has 0 saturated carbocycles. The van der Waals surface area contributed by atoms with E-state index >= 15 is 0 Å². The average molecular weight is 441 g/mol. The van der Waals surface area contributed by atoms with Gasteiger partial charge in [0.25, 0.3) is 15.9 Å². The number of rotatable bonds is 7. The number of anilines is 2. The average Bonchev–Trinajstić information content (AvgIpc) is 2.67. The van der Waals surface area contributed by atoms with Crippen molar-refractivity contribution >= 4 is 27.6 Å². The van der Waals surface area contributed by atoms with Crippen LogP contribution in [-0.2, 0) is 14.8 Å². The molecule has 0 unspecified atom stereocenters. The molecule has 0 bridgehead atoms. The van der Waals surface area contributed by atoms with Gasteiger partial charge in [-0.3, -0.25) is 4.79 Å². The predicted octanol–water partition coefficient (Wildman–Crippen LogP) is 3.61. The number of benzene rings is 2. The van der Waals surface area contributed by atoms with Crippen molar-refractivity contribution in [1.82, 2.24) is 9.97 Å². The Hall–Kier alpha value is -3.46. The minimum atomic E-state index is -3.87. The molecule has 1 amide bonds. The maximum atomic E-state index is 12.6. The fourth-order valence-corrected chi connectivity index (χ4v) is 3.80. The van der Waals surface area contributed by atoms with Crippen LogP contribution in [0, 0.1) is 20.8 Å². The highest BCUT2D eigenvalue weighted by Crippen LogP contribution is 2.18. The van der Waals surface area contributed by atoms with Crippen molar-refractivity contribution in [3.05, 3.63) is 71.5 Å². The Morgan fingerprint density at radius 3 is 2.23 bits per heavy atom. The summed E-state index contributed by atoms with van der Waals surface area (Å²) in [5.41, 5.74) is 2.79. The molecule has 2 aromatic carbocycles. The third kappa shape index (κ3) is 6.02. The first-order valence-electron chi connectivity index (χ1n) is 9.62. The Labute approximate surface area is 181 Å². The number of aryl methyl sites for hydroxylation is 3. The van der Waals surface area contributed by atoms with Crippen molar-refractivity contribution in [2.45, 2.75) is 38.7 Å². The van der Waals surface area contributed by atoms with Gasteiger partial charge in [0.1, 0.15) is 5.75 Å². The van der Waals surface area contributed by atoms with Crippen LogP contribution in [0.2, 0.25) is 0 Å². The summed E-state index contributed by atoms with van der Waals surface area (Å²) < 4.78 is 33.2. The van der Waals surface area contributed by atoms with Gasteiger partial charge in [-0.2, -0.15) is 0 Å². The maximum Gasteiger partial charge on any atom is 0.265 e. The summed E-state index contributed by atoms with van der Waals surface area (Å²) in [5.74, 6) is 0.264. The fraction of sp³-hybridized carbons (Fsp3) is 0.227. The standard InChI is InChI=1S/C22H24N4O4S/c1-14-6-5-7-19(12-14)30-17(4)21(27)25-18-8-10-20(11-9-18)31(28,29)26-22-23-15(2)13-16(3)24-22/h5-13,17H,1-4H3,(H,25,27)(H,23,24,26)/t17-/m1/s1. The molecule has 0 aliphatic rings. The van der Waals surface area contributed by atoms with Crippen LogP contribution in [0.1, 0.15) is 23.9 Å². The van der Waals surface area contributed by atoms with E-state index in [9.17, 15) is 13.2 Å². The second-order valence-electron chi connectivity index (χ2n) is 7.17. The van der Waals surface area contributed by atoms with Crippen LogP contribution >= 0.6 is 0 Å². The van der Waals surface area contributed by atoms with Crippen molar-refractivity contribution < 1.29 is 17.9 Å². The molecule has 0 aliphatic heterocycles. The number of aromatic nitrogens is 2. The first-order valence-corrected chi connectivity index (χ1v) is 11.1. The highest BCUT2D eigenvalue weighted by molar-refractivity contribution is 7.92. The quantitative estimate of drug-likeness (QED) is 0.581. The van der Waals surface area contributed by atoms with Crippen molar-refractivity contribution in [2.24, 2.45) is 0 Å². The molecule has 0 spiro atoms. The van der Waals surface area contributed by atoms with E-state index < -0.39 is 16.1 Å². The van der Waals surface area contributed by atoms with Crippen LogP contribution in [0.25, 0.3) is 0 Å². The number of hydrogen-bond acceptors (Lipinski definition) is 6. The van der Waals surface area contributed by atoms with Gasteiger partial charge in [0.2, 0.25) is 5.95 Å². The van der Waals surface area contributed by atoms with Crippen LogP contribution in [0.15, 0.2) is 59.5 Å². The third-order valence-corrected chi connectivity index (χ3v) is 5.66. The number of ether oxygens (including phenoxy) is 1. The number of sulfonamides is 1. The molecule has 1 aromatic heterocycles. The molecule has 1 heterocycles. The lowest BCUT2D eigenvalue weighted by Gasteiger charge is -2.15. The van der Waals surface area contributed by atoms with E-state index in [2.05, 4.69) is 20.0 Å². The van der Waals surface area contributed by atoms with Gasteiger partial charge in [0, 0.05) is 17.1 Å². The molecule has 0 saturated heterocycles. The highest BCUT2D eigenvalue weighted by atomic mass is 32.2. The molecule has 0 aliphatic carbocycles. The number of amides is 1. The second-order valence-corrected chi connectivity index (χ2v) is 8.85. The van der Waals surface area contributed by atoms with Crippen molar-refractivity contribution in [3.63, 3.8) is 0 Å². The minimum Gasteiger partial charge on any atom is -0.481 e. The van der Waals surface area contributed by atoms with Gasteiger partial charge in [0.05, 0.1) is 4.90 Å². The molecule has 162 valence electrons. The van der Waals surface area contributed by atoms with Crippen molar-refractivity contribution in [3.8, 4) is 5.75 Å². The maximum absolute atomic E-state index is 12.6. The lowest BCUT2D eigenvalue weighted by molar-refractivity contribution is -0.122. The van der Waals surface area contributed by atoms with Crippen LogP contribution < -0.4 is 14.8 Å². The second kappa shape index (κ2) is 9.13. The summed E-state index contributed by atoms with van der Waals surface area (Å²) in [5, 5.41) is 2.72. The Bertz CT molecular complexity index is 1170. The molecule has 8 nitrogen and oxygen atoms in total. The number of carbonyl (C=O) groups is 1. The van der Waals surface area contributed by atoms with Crippen molar-refractivity contribution in [2.75, 3.05) is 10.0 Å². The molecule has 2 N–H and O–H groups in total. The summed E-state index contributed by atoms with van der Waals surface area (Å²) in [6, 6.07) is 15.0. The molecule has 3 rings (SSSR count). The smallest absolute Gasteiger partial charge is 0.265 e. The molecule has 0 fully saturated rings. The Morgan fingerprint density at radius 2 is 1.61 bits per heavy atom. The normalized spacial score (nSPS) is 12.1. The van der Waals surface area contributed by atoms with Gasteiger partial charge in [0.15, 0.2) is 6.10 Å². The lowest BCUT2D eigenvalue weighted by Crippen LogP contribution is -2.30. The fourth-order valence-electron chi connectivity index (χ4n) is 2.86. The van der Waals surface area contributed by atoms with Gasteiger partial charge in [-0.25, -0.2) is 23.1 Å². The number of carbonyl (C=O) groups excluding carboxylic acids is 1. The summed E-state index contributed by atoms with van der Waals surface area (Å²) in [4.78, 5) is 20.6. The zero-order valence-corrected chi connectivity index (χ0v) is 18.5. The number of hydrogen-bond donors (Lipinski definition) is 2. The summed E-state index contributed by atoms with van der Waals surface area (Å²) >= 11 is 0. The zero-order valence-electron chi connectivity index (χ0n) is 17.7. The van der Waals surface area contributed by atoms with E-state index in [0.717, 1.165) is 5.56 Å². The Balaban J connectivity index is 1.65. The number of nitrogens with zero attached hydrogens (tertiary/aromatic N) is 2. The monoisotopic (exact) mass is 440 g/mol. The molecule has 1 atom stereocenters. The van der Waals surface area contributed by atoms with E-state index in [1.807, 2.05) is 25.1 Å². The Morgan fingerprint density at radius 1 is 0.968 bits per heavy atom. The van der Waals surface area contributed by atoms with E-state index in [-0.39, 0.29) is 16.8 Å². The van der Waals surface area contributed by atoms with Crippen LogP contribution in [-0.4, -0.2) is 30.4 Å². The molecular weight excluding hydrogens is 416 g/mol. The van der Waals surface area contributed by atoms with Crippen LogP contribution in [0.4, 0.5) is 11.6 Å². The highest BCUT2D eigenvalue weighted by Gasteiger charge is 2.18. The van der Waals surface area contributed by atoms with Crippen molar-refractivity contribution in [1.29, 1.82) is 0 Å². The molecule has 0 radical (unpaired) electrons. The Kier molecular flexibility index (Phi) is 6.55. The predicted molar refractivity (Wildman–Crippen MR) is 119 cm³/mol. The van der Waals surface area contributed by atoms with E-state index in [1.54, 1.807) is 32.9 Å². The first kappa shape index (κ1) is 22.2. The van der Waals surface area contributed by atoms with Gasteiger partial charge >= 0.3 is 0 Å². The first-order chi connectivity index (χ1) is 14.6. The van der Waals surface area contributed by atoms with E-state index in [1.165, 1.54) is 24.3 Å². The molecule has 9 heteroatoms. The number of nitrogens with one attached hydrogen (secondary N) is 2. The van der Waals surface area contributed by atoms with Gasteiger partial charge in [-0.1, -0.05) is 12.1 Å². The minimum absolute atomic E-state index is 0.0111. The summed E-state index contributed by atoms with van der Waals surface area (Å²) in [6.07, 6.45) is -0.728. The topological polar surface area (TPSA) is 110 Å². The third-order valence-electron chi connectivity index (χ3n) is 4.31. The lowest BCUT2D eigenvalue weighted by atomic mass is 10.2.